The predicted octanol–water partition coefficient (Wildman–Crippen LogP) is 3.13. The van der Waals surface area contributed by atoms with Gasteiger partial charge in [0.1, 0.15) is 5.75 Å². The van der Waals surface area contributed by atoms with Gasteiger partial charge in [0.25, 0.3) is 5.91 Å². The van der Waals surface area contributed by atoms with E-state index in [9.17, 15) is 4.79 Å². The Morgan fingerprint density at radius 3 is 2.32 bits per heavy atom. The second-order valence-corrected chi connectivity index (χ2v) is 6.04. The van der Waals surface area contributed by atoms with Crippen molar-refractivity contribution in [2.45, 2.75) is 25.8 Å². The molecule has 0 radical (unpaired) electrons. The highest BCUT2D eigenvalue weighted by Gasteiger charge is 2.16. The van der Waals surface area contributed by atoms with E-state index in [0.29, 0.717) is 29.4 Å². The van der Waals surface area contributed by atoms with Crippen molar-refractivity contribution in [2.24, 2.45) is 0 Å². The third kappa shape index (κ3) is 3.55. The first-order chi connectivity index (χ1) is 12.2. The van der Waals surface area contributed by atoms with Crippen LogP contribution < -0.4 is 19.5 Å². The Bertz CT molecular complexity index is 786. The minimum Gasteiger partial charge on any atom is -0.496 e. The number of methoxy groups -OCH3 is 3. The molecule has 5 heteroatoms. The quantitative estimate of drug-likeness (QED) is 0.877. The van der Waals surface area contributed by atoms with Crippen LogP contribution in [-0.4, -0.2) is 27.2 Å². The van der Waals surface area contributed by atoms with Crippen LogP contribution in [0.2, 0.25) is 0 Å². The van der Waals surface area contributed by atoms with Crippen molar-refractivity contribution in [1.29, 1.82) is 0 Å². The average Bonchev–Trinajstić information content (AvgIpc) is 3.12. The monoisotopic (exact) mass is 341 g/mol. The number of rotatable bonds is 6. The number of carbonyl (C=O) groups excluding carboxylic acids is 1. The number of aryl methyl sites for hydroxylation is 2. The smallest absolute Gasteiger partial charge is 0.251 e. The lowest BCUT2D eigenvalue weighted by Gasteiger charge is -2.14. The molecule has 0 atom stereocenters. The zero-order valence-corrected chi connectivity index (χ0v) is 14.8. The van der Waals surface area contributed by atoms with Crippen molar-refractivity contribution in [3.8, 4) is 17.2 Å². The largest absolute Gasteiger partial charge is 0.496 e. The molecule has 0 aromatic heterocycles. The lowest BCUT2D eigenvalue weighted by atomic mass is 10.1. The molecule has 5 nitrogen and oxygen atoms in total. The normalized spacial score (nSPS) is 12.4. The molecule has 132 valence electrons. The van der Waals surface area contributed by atoms with E-state index in [4.69, 9.17) is 14.2 Å². The molecule has 2 aromatic rings. The van der Waals surface area contributed by atoms with Crippen LogP contribution in [0.3, 0.4) is 0 Å². The molecule has 0 bridgehead atoms. The number of hydrogen-bond donors (Lipinski definition) is 1. The first kappa shape index (κ1) is 17.1. The van der Waals surface area contributed by atoms with Gasteiger partial charge in [-0.15, -0.1) is 0 Å². The molecule has 0 unspecified atom stereocenters. The molecule has 0 spiro atoms. The van der Waals surface area contributed by atoms with E-state index in [0.717, 1.165) is 18.4 Å². The maximum absolute atomic E-state index is 12.5. The van der Waals surface area contributed by atoms with E-state index >= 15 is 0 Å². The maximum atomic E-state index is 12.5. The molecule has 1 N–H and O–H groups in total. The first-order valence-electron chi connectivity index (χ1n) is 8.35. The fourth-order valence-electron chi connectivity index (χ4n) is 3.22. The van der Waals surface area contributed by atoms with Crippen LogP contribution in [-0.2, 0) is 19.4 Å². The lowest BCUT2D eigenvalue weighted by molar-refractivity contribution is 0.0950. The summed E-state index contributed by atoms with van der Waals surface area (Å²) in [7, 11) is 4.75. The van der Waals surface area contributed by atoms with Crippen molar-refractivity contribution in [3.63, 3.8) is 0 Å². The van der Waals surface area contributed by atoms with Crippen molar-refractivity contribution in [1.82, 2.24) is 5.32 Å². The Balaban J connectivity index is 1.75. The summed E-state index contributed by atoms with van der Waals surface area (Å²) in [5.74, 6) is 1.75. The minimum atomic E-state index is -0.0912. The van der Waals surface area contributed by atoms with Gasteiger partial charge in [-0.2, -0.15) is 0 Å². The second kappa shape index (κ2) is 7.47. The predicted molar refractivity (Wildman–Crippen MR) is 95.7 cm³/mol. The van der Waals surface area contributed by atoms with E-state index in [2.05, 4.69) is 11.4 Å². The number of hydrogen-bond acceptors (Lipinski definition) is 4. The third-order valence-electron chi connectivity index (χ3n) is 4.59. The average molecular weight is 341 g/mol. The van der Waals surface area contributed by atoms with Crippen LogP contribution in [0.1, 0.15) is 33.5 Å². The van der Waals surface area contributed by atoms with E-state index in [1.165, 1.54) is 17.5 Å². The molecular weight excluding hydrogens is 318 g/mol. The summed E-state index contributed by atoms with van der Waals surface area (Å²) in [5, 5.41) is 2.95. The standard InChI is InChI=1S/C20H23NO4/c1-23-17-11-19(25-3)18(24-2)10-16(17)12-21-20(22)15-8-7-13-5-4-6-14(13)9-15/h7-11H,4-6,12H2,1-3H3,(H,21,22). The second-order valence-electron chi connectivity index (χ2n) is 6.04. The van der Waals surface area contributed by atoms with Gasteiger partial charge in [0, 0.05) is 23.7 Å². The topological polar surface area (TPSA) is 56.8 Å². The molecule has 25 heavy (non-hydrogen) atoms. The maximum Gasteiger partial charge on any atom is 0.251 e. The number of nitrogens with one attached hydrogen (secondary N) is 1. The van der Waals surface area contributed by atoms with Crippen molar-refractivity contribution >= 4 is 5.91 Å². The molecule has 0 aliphatic heterocycles. The van der Waals surface area contributed by atoms with Crippen molar-refractivity contribution in [3.05, 3.63) is 52.6 Å². The molecule has 0 heterocycles. The van der Waals surface area contributed by atoms with Gasteiger partial charge in [0.15, 0.2) is 11.5 Å². The van der Waals surface area contributed by atoms with Gasteiger partial charge in [-0.1, -0.05) is 6.07 Å². The Kier molecular flexibility index (Phi) is 5.12. The number of fused-ring (bicyclic) bond motifs is 1. The molecule has 1 aliphatic rings. The summed E-state index contributed by atoms with van der Waals surface area (Å²) in [6.07, 6.45) is 3.34. The van der Waals surface area contributed by atoms with Crippen molar-refractivity contribution in [2.75, 3.05) is 21.3 Å². The van der Waals surface area contributed by atoms with Crippen molar-refractivity contribution < 1.29 is 19.0 Å². The lowest BCUT2D eigenvalue weighted by Crippen LogP contribution is -2.23. The summed E-state index contributed by atoms with van der Waals surface area (Å²) in [6, 6.07) is 9.54. The number of carbonyl (C=O) groups is 1. The van der Waals surface area contributed by atoms with E-state index in [1.54, 1.807) is 27.4 Å². The Labute approximate surface area is 147 Å². The van der Waals surface area contributed by atoms with Gasteiger partial charge in [0.05, 0.1) is 21.3 Å². The molecule has 0 saturated heterocycles. The molecular formula is C20H23NO4. The number of ether oxygens (including phenoxy) is 3. The third-order valence-corrected chi connectivity index (χ3v) is 4.59. The van der Waals surface area contributed by atoms with E-state index in [1.807, 2.05) is 18.2 Å². The minimum absolute atomic E-state index is 0.0912. The van der Waals surface area contributed by atoms with Crippen LogP contribution in [0, 0.1) is 0 Å². The Morgan fingerprint density at radius 1 is 0.920 bits per heavy atom. The fourth-order valence-corrected chi connectivity index (χ4v) is 3.22. The zero-order valence-electron chi connectivity index (χ0n) is 14.8. The molecule has 0 fully saturated rings. The van der Waals surface area contributed by atoms with Gasteiger partial charge in [-0.3, -0.25) is 4.79 Å². The van der Waals surface area contributed by atoms with Gasteiger partial charge in [-0.05, 0) is 48.6 Å². The number of benzene rings is 2. The van der Waals surface area contributed by atoms with Gasteiger partial charge in [-0.25, -0.2) is 0 Å². The van der Waals surface area contributed by atoms with Crippen LogP contribution in [0.25, 0.3) is 0 Å². The molecule has 1 amide bonds. The summed E-state index contributed by atoms with van der Waals surface area (Å²) >= 11 is 0. The SMILES string of the molecule is COc1cc(OC)c(OC)cc1CNC(=O)c1ccc2c(c1)CCC2. The zero-order chi connectivity index (χ0) is 17.8. The van der Waals surface area contributed by atoms with E-state index < -0.39 is 0 Å². The van der Waals surface area contributed by atoms with E-state index in [-0.39, 0.29) is 5.91 Å². The van der Waals surface area contributed by atoms with Crippen LogP contribution in [0.4, 0.5) is 0 Å². The van der Waals surface area contributed by atoms with Gasteiger partial charge < -0.3 is 19.5 Å². The van der Waals surface area contributed by atoms with Gasteiger partial charge in [0.2, 0.25) is 0 Å². The van der Waals surface area contributed by atoms with Gasteiger partial charge >= 0.3 is 0 Å². The highest BCUT2D eigenvalue weighted by atomic mass is 16.5. The van der Waals surface area contributed by atoms with Crippen LogP contribution >= 0.6 is 0 Å². The molecule has 0 saturated carbocycles. The fraction of sp³-hybridized carbons (Fsp3) is 0.350. The first-order valence-corrected chi connectivity index (χ1v) is 8.35. The summed E-state index contributed by atoms with van der Waals surface area (Å²) < 4.78 is 16.0. The highest BCUT2D eigenvalue weighted by molar-refractivity contribution is 5.94. The summed E-state index contributed by atoms with van der Waals surface area (Å²) in [5.41, 5.74) is 4.17. The van der Waals surface area contributed by atoms with Crippen LogP contribution in [0.5, 0.6) is 17.2 Å². The number of amides is 1. The molecule has 1 aliphatic carbocycles. The molecule has 3 rings (SSSR count). The Morgan fingerprint density at radius 2 is 1.60 bits per heavy atom. The van der Waals surface area contributed by atoms with Crippen LogP contribution in [0.15, 0.2) is 30.3 Å². The Hall–Kier alpha value is -2.69. The highest BCUT2D eigenvalue weighted by Crippen LogP contribution is 2.34. The summed E-state index contributed by atoms with van der Waals surface area (Å²) in [6.45, 7) is 0.347. The summed E-state index contributed by atoms with van der Waals surface area (Å²) in [4.78, 5) is 12.5. The molecule has 2 aromatic carbocycles.